The quantitative estimate of drug-likeness (QED) is 0.646. The van der Waals surface area contributed by atoms with E-state index in [0.717, 1.165) is 0 Å². The molecule has 2 N–H and O–H groups in total. The number of aromatic amines is 1. The Morgan fingerprint density at radius 2 is 2.50 bits per heavy atom. The van der Waals surface area contributed by atoms with E-state index >= 15 is 0 Å². The maximum Gasteiger partial charge on any atom is 0.377 e. The van der Waals surface area contributed by atoms with Gasteiger partial charge in [-0.1, -0.05) is 0 Å². The molecular weight excluding hydrogens is 158 g/mol. The zero-order chi connectivity index (χ0) is 8.97. The molecule has 0 amide bonds. The van der Waals surface area contributed by atoms with E-state index in [1.165, 1.54) is 0 Å². The van der Waals surface area contributed by atoms with Crippen LogP contribution in [0.4, 0.5) is 0 Å². The summed E-state index contributed by atoms with van der Waals surface area (Å²) in [5.41, 5.74) is 2.80. The summed E-state index contributed by atoms with van der Waals surface area (Å²) < 4.78 is 0. The topological polar surface area (TPSA) is 67.0 Å². The number of hydrogen-bond acceptors (Lipinski definition) is 4. The molecule has 1 rings (SSSR count). The Kier molecular flexibility index (Phi) is 2.82. The third kappa shape index (κ3) is 2.35. The number of hydrogen-bond donors (Lipinski definition) is 2. The Morgan fingerprint density at radius 3 is 3.00 bits per heavy atom. The molecule has 0 atom stereocenters. The first kappa shape index (κ1) is 8.73. The van der Waals surface area contributed by atoms with E-state index in [9.17, 15) is 4.79 Å². The van der Waals surface area contributed by atoms with Gasteiger partial charge in [0, 0.05) is 12.2 Å². The number of nitrogens with one attached hydrogen (secondary N) is 2. The van der Waals surface area contributed by atoms with Crippen molar-refractivity contribution in [3.8, 4) is 0 Å². The van der Waals surface area contributed by atoms with Gasteiger partial charge in [-0.05, 0) is 19.9 Å². The number of hydroxylamine groups is 1. The molecular formula is C7H11N3O2. The maximum absolute atomic E-state index is 11.0. The molecule has 0 unspecified atom stereocenters. The van der Waals surface area contributed by atoms with Crippen LogP contribution in [0.1, 0.15) is 24.3 Å². The molecule has 0 aromatic carbocycles. The molecule has 0 saturated heterocycles. The molecule has 12 heavy (non-hydrogen) atoms. The van der Waals surface area contributed by atoms with E-state index in [4.69, 9.17) is 0 Å². The smallest absolute Gasteiger partial charge is 0.365 e. The third-order valence-corrected chi connectivity index (χ3v) is 1.10. The fourth-order valence-electron chi connectivity index (χ4n) is 0.598. The van der Waals surface area contributed by atoms with Crippen LogP contribution in [0, 0.1) is 0 Å². The zero-order valence-corrected chi connectivity index (χ0v) is 7.00. The van der Waals surface area contributed by atoms with Gasteiger partial charge in [0.1, 0.15) is 0 Å². The van der Waals surface area contributed by atoms with Gasteiger partial charge < -0.3 is 4.84 Å². The number of H-pyrrole nitrogens is 1. The molecule has 66 valence electrons. The van der Waals surface area contributed by atoms with Crippen molar-refractivity contribution in [2.24, 2.45) is 0 Å². The van der Waals surface area contributed by atoms with Crippen molar-refractivity contribution in [2.45, 2.75) is 19.9 Å². The number of aromatic nitrogens is 2. The van der Waals surface area contributed by atoms with Crippen LogP contribution in [-0.4, -0.2) is 22.2 Å². The lowest BCUT2D eigenvalue weighted by atomic mass is 10.4. The van der Waals surface area contributed by atoms with Gasteiger partial charge in [-0.3, -0.25) is 5.10 Å². The molecule has 1 aromatic heterocycles. The number of rotatable bonds is 3. The van der Waals surface area contributed by atoms with Gasteiger partial charge in [-0.25, -0.2) is 4.79 Å². The van der Waals surface area contributed by atoms with E-state index in [-0.39, 0.29) is 11.7 Å². The zero-order valence-electron chi connectivity index (χ0n) is 7.00. The molecule has 1 aromatic rings. The number of carbonyl (C=O) groups is 1. The first-order valence-electron chi connectivity index (χ1n) is 3.66. The highest BCUT2D eigenvalue weighted by Gasteiger charge is 2.09. The molecule has 0 aliphatic carbocycles. The van der Waals surface area contributed by atoms with Crippen LogP contribution in [0.5, 0.6) is 0 Å². The molecule has 5 nitrogen and oxygen atoms in total. The first-order valence-corrected chi connectivity index (χ1v) is 3.66. The second-order valence-corrected chi connectivity index (χ2v) is 2.62. The molecule has 0 aliphatic heterocycles. The summed E-state index contributed by atoms with van der Waals surface area (Å²) >= 11 is 0. The van der Waals surface area contributed by atoms with E-state index in [0.29, 0.717) is 0 Å². The highest BCUT2D eigenvalue weighted by Crippen LogP contribution is 1.93. The molecule has 0 bridgehead atoms. The summed E-state index contributed by atoms with van der Waals surface area (Å²) in [4.78, 5) is 15.7. The van der Waals surface area contributed by atoms with E-state index in [2.05, 4.69) is 20.5 Å². The lowest BCUT2D eigenvalue weighted by molar-refractivity contribution is 0.0181. The van der Waals surface area contributed by atoms with Crippen LogP contribution < -0.4 is 5.48 Å². The van der Waals surface area contributed by atoms with Crippen LogP contribution in [0.15, 0.2) is 12.3 Å². The van der Waals surface area contributed by atoms with E-state index in [1.54, 1.807) is 12.3 Å². The SMILES string of the molecule is CC(C)NOC(=O)c1cc[nH]n1. The molecule has 0 spiro atoms. The standard InChI is InChI=1S/C7H11N3O2/c1-5(2)10-12-7(11)6-3-4-8-9-6/h3-5,10H,1-2H3,(H,8,9). The van der Waals surface area contributed by atoms with Gasteiger partial charge in [0.05, 0.1) is 0 Å². The van der Waals surface area contributed by atoms with Crippen molar-refractivity contribution in [2.75, 3.05) is 0 Å². The minimum Gasteiger partial charge on any atom is -0.365 e. The van der Waals surface area contributed by atoms with Crippen LogP contribution in [0.2, 0.25) is 0 Å². The Morgan fingerprint density at radius 1 is 1.75 bits per heavy atom. The first-order chi connectivity index (χ1) is 5.70. The highest BCUT2D eigenvalue weighted by atomic mass is 16.7. The van der Waals surface area contributed by atoms with E-state index in [1.807, 2.05) is 13.8 Å². The van der Waals surface area contributed by atoms with Gasteiger partial charge in [0.2, 0.25) is 0 Å². The average Bonchev–Trinajstić information content (AvgIpc) is 2.51. The van der Waals surface area contributed by atoms with Gasteiger partial charge >= 0.3 is 5.97 Å². The third-order valence-electron chi connectivity index (χ3n) is 1.10. The van der Waals surface area contributed by atoms with Crippen molar-refractivity contribution < 1.29 is 9.63 Å². The van der Waals surface area contributed by atoms with Crippen LogP contribution >= 0.6 is 0 Å². The summed E-state index contributed by atoms with van der Waals surface area (Å²) in [5.74, 6) is -0.482. The largest absolute Gasteiger partial charge is 0.377 e. The molecule has 1 heterocycles. The van der Waals surface area contributed by atoms with Gasteiger partial charge in [-0.15, -0.1) is 0 Å². The fraction of sp³-hybridized carbons (Fsp3) is 0.429. The van der Waals surface area contributed by atoms with Crippen molar-refractivity contribution in [1.29, 1.82) is 0 Å². The van der Waals surface area contributed by atoms with Crippen LogP contribution in [0.3, 0.4) is 0 Å². The number of nitrogens with zero attached hydrogens (tertiary/aromatic N) is 1. The molecule has 0 radical (unpaired) electrons. The second-order valence-electron chi connectivity index (χ2n) is 2.62. The van der Waals surface area contributed by atoms with Crippen LogP contribution in [0.25, 0.3) is 0 Å². The number of carbonyl (C=O) groups excluding carboxylic acids is 1. The normalized spacial score (nSPS) is 10.2. The molecule has 0 aliphatic rings. The minimum atomic E-state index is -0.482. The summed E-state index contributed by atoms with van der Waals surface area (Å²) in [5, 5.41) is 6.17. The Hall–Kier alpha value is -1.36. The summed E-state index contributed by atoms with van der Waals surface area (Å²) in [6.45, 7) is 3.75. The molecule has 0 fully saturated rings. The predicted octanol–water partition coefficient (Wildman–Crippen LogP) is 0.479. The van der Waals surface area contributed by atoms with Gasteiger partial charge in [0.25, 0.3) is 0 Å². The van der Waals surface area contributed by atoms with Crippen molar-refractivity contribution in [3.63, 3.8) is 0 Å². The van der Waals surface area contributed by atoms with Gasteiger partial charge in [-0.2, -0.15) is 10.6 Å². The lowest BCUT2D eigenvalue weighted by Gasteiger charge is -2.05. The predicted molar refractivity (Wildman–Crippen MR) is 42.3 cm³/mol. The maximum atomic E-state index is 11.0. The summed E-state index contributed by atoms with van der Waals surface area (Å²) in [6, 6.07) is 1.65. The van der Waals surface area contributed by atoms with Gasteiger partial charge in [0.15, 0.2) is 5.69 Å². The molecule has 5 heteroatoms. The monoisotopic (exact) mass is 169 g/mol. The Labute approximate surface area is 70.1 Å². The van der Waals surface area contributed by atoms with Crippen molar-refractivity contribution in [1.82, 2.24) is 15.7 Å². The Bertz CT molecular complexity index is 243. The summed E-state index contributed by atoms with van der Waals surface area (Å²) in [7, 11) is 0. The highest BCUT2D eigenvalue weighted by molar-refractivity contribution is 5.86. The lowest BCUT2D eigenvalue weighted by Crippen LogP contribution is -2.26. The average molecular weight is 169 g/mol. The van der Waals surface area contributed by atoms with E-state index < -0.39 is 5.97 Å². The van der Waals surface area contributed by atoms with Crippen molar-refractivity contribution >= 4 is 5.97 Å². The minimum absolute atomic E-state index is 0.105. The Balaban J connectivity index is 2.40. The fourth-order valence-corrected chi connectivity index (χ4v) is 0.598. The van der Waals surface area contributed by atoms with Crippen LogP contribution in [-0.2, 0) is 4.84 Å². The molecule has 0 saturated carbocycles. The second kappa shape index (κ2) is 3.87. The summed E-state index contributed by atoms with van der Waals surface area (Å²) in [6.07, 6.45) is 1.56. The van der Waals surface area contributed by atoms with Crippen molar-refractivity contribution in [3.05, 3.63) is 18.0 Å².